The Morgan fingerprint density at radius 1 is 1.50 bits per heavy atom. The van der Waals surface area contributed by atoms with Crippen molar-refractivity contribution in [3.05, 3.63) is 0 Å². The molecule has 0 aromatic carbocycles. The Balaban J connectivity index is 0.000000720. The zero-order valence-corrected chi connectivity index (χ0v) is 8.06. The number of nitrogens with zero attached hydrogens (tertiary/aromatic N) is 1. The smallest absolute Gasteiger partial charge is 0.219 e. The van der Waals surface area contributed by atoms with Crippen molar-refractivity contribution in [2.75, 3.05) is 13.1 Å². The average molecular weight is 191 g/mol. The van der Waals surface area contributed by atoms with Crippen LogP contribution in [0.25, 0.3) is 0 Å². The van der Waals surface area contributed by atoms with Crippen molar-refractivity contribution in [2.24, 2.45) is 11.1 Å². The van der Waals surface area contributed by atoms with E-state index < -0.39 is 0 Å². The standard InChI is InChI=1S/C8H14N2O.ClH/c1-6(11)10-4-8(5-10)2-7(9)3-8;/h7H,2-5,9H2,1H3;1H. The third kappa shape index (κ3) is 1.31. The molecule has 1 saturated carbocycles. The molecule has 1 saturated heterocycles. The van der Waals surface area contributed by atoms with E-state index in [4.69, 9.17) is 5.73 Å². The van der Waals surface area contributed by atoms with Crippen LogP contribution in [-0.4, -0.2) is 29.9 Å². The van der Waals surface area contributed by atoms with Gasteiger partial charge >= 0.3 is 0 Å². The Labute approximate surface area is 78.7 Å². The van der Waals surface area contributed by atoms with Crippen LogP contribution in [0.2, 0.25) is 0 Å². The average Bonchev–Trinajstić information content (AvgIpc) is 1.73. The maximum absolute atomic E-state index is 10.8. The highest BCUT2D eigenvalue weighted by molar-refractivity contribution is 5.85. The minimum Gasteiger partial charge on any atom is -0.342 e. The molecule has 4 heteroatoms. The van der Waals surface area contributed by atoms with Gasteiger partial charge in [-0.1, -0.05) is 0 Å². The maximum atomic E-state index is 10.8. The Morgan fingerprint density at radius 2 is 2.00 bits per heavy atom. The van der Waals surface area contributed by atoms with Gasteiger partial charge in [0.2, 0.25) is 5.91 Å². The third-order valence-corrected chi connectivity index (χ3v) is 2.89. The lowest BCUT2D eigenvalue weighted by Crippen LogP contribution is -2.66. The van der Waals surface area contributed by atoms with Crippen molar-refractivity contribution < 1.29 is 4.79 Å². The minimum atomic E-state index is 0. The zero-order valence-electron chi connectivity index (χ0n) is 7.25. The summed E-state index contributed by atoms with van der Waals surface area (Å²) in [6.07, 6.45) is 2.24. The molecule has 0 aromatic rings. The highest BCUT2D eigenvalue weighted by atomic mass is 35.5. The van der Waals surface area contributed by atoms with Gasteiger partial charge in [0.05, 0.1) is 0 Å². The van der Waals surface area contributed by atoms with E-state index in [1.807, 2.05) is 4.90 Å². The molecule has 1 aliphatic heterocycles. The monoisotopic (exact) mass is 190 g/mol. The first-order chi connectivity index (χ1) is 5.11. The van der Waals surface area contributed by atoms with Crippen molar-refractivity contribution in [1.82, 2.24) is 4.90 Å². The third-order valence-electron chi connectivity index (χ3n) is 2.89. The van der Waals surface area contributed by atoms with Gasteiger partial charge in [0.1, 0.15) is 0 Å². The second kappa shape index (κ2) is 2.89. The van der Waals surface area contributed by atoms with Gasteiger partial charge in [0, 0.05) is 31.5 Å². The van der Waals surface area contributed by atoms with Crippen LogP contribution in [0.1, 0.15) is 19.8 Å². The van der Waals surface area contributed by atoms with Gasteiger partial charge in [-0.15, -0.1) is 12.4 Å². The number of hydrogen-bond acceptors (Lipinski definition) is 2. The molecule has 1 aliphatic carbocycles. The summed E-state index contributed by atoms with van der Waals surface area (Å²) in [6, 6.07) is 0.407. The number of hydrogen-bond donors (Lipinski definition) is 1. The van der Waals surface area contributed by atoms with Crippen LogP contribution < -0.4 is 5.73 Å². The zero-order chi connectivity index (χ0) is 8.06. The van der Waals surface area contributed by atoms with E-state index in [-0.39, 0.29) is 18.3 Å². The maximum Gasteiger partial charge on any atom is 0.219 e. The van der Waals surface area contributed by atoms with Gasteiger partial charge in [-0.3, -0.25) is 4.79 Å². The summed E-state index contributed by atoms with van der Waals surface area (Å²) in [5.74, 6) is 0.205. The quantitative estimate of drug-likeness (QED) is 0.600. The summed E-state index contributed by atoms with van der Waals surface area (Å²) in [5.41, 5.74) is 6.13. The van der Waals surface area contributed by atoms with E-state index in [2.05, 4.69) is 0 Å². The van der Waals surface area contributed by atoms with Crippen LogP contribution in [0.5, 0.6) is 0 Å². The van der Waals surface area contributed by atoms with Crippen molar-refractivity contribution in [3.8, 4) is 0 Å². The van der Waals surface area contributed by atoms with Gasteiger partial charge in [0.25, 0.3) is 0 Å². The summed E-state index contributed by atoms with van der Waals surface area (Å²) < 4.78 is 0. The number of amides is 1. The molecule has 0 atom stereocenters. The summed E-state index contributed by atoms with van der Waals surface area (Å²) >= 11 is 0. The van der Waals surface area contributed by atoms with E-state index in [0.717, 1.165) is 25.9 Å². The summed E-state index contributed by atoms with van der Waals surface area (Å²) in [4.78, 5) is 12.7. The molecule has 2 fully saturated rings. The Morgan fingerprint density at radius 3 is 2.33 bits per heavy atom. The van der Waals surface area contributed by atoms with Gasteiger partial charge in [-0.05, 0) is 12.8 Å². The fourth-order valence-electron chi connectivity index (χ4n) is 2.30. The molecule has 1 spiro atoms. The molecule has 0 unspecified atom stereocenters. The number of rotatable bonds is 0. The van der Waals surface area contributed by atoms with E-state index in [1.165, 1.54) is 0 Å². The summed E-state index contributed by atoms with van der Waals surface area (Å²) in [7, 11) is 0. The fraction of sp³-hybridized carbons (Fsp3) is 0.875. The van der Waals surface area contributed by atoms with Gasteiger partial charge in [-0.2, -0.15) is 0 Å². The Bertz CT molecular complexity index is 193. The van der Waals surface area contributed by atoms with Crippen LogP contribution in [0.15, 0.2) is 0 Å². The van der Waals surface area contributed by atoms with E-state index in [0.29, 0.717) is 11.5 Å². The van der Waals surface area contributed by atoms with Crippen molar-refractivity contribution >= 4 is 18.3 Å². The second-order valence-electron chi connectivity index (χ2n) is 4.04. The first-order valence-electron chi connectivity index (χ1n) is 4.12. The minimum absolute atomic E-state index is 0. The first-order valence-corrected chi connectivity index (χ1v) is 4.12. The Hall–Kier alpha value is -0.280. The van der Waals surface area contributed by atoms with E-state index in [9.17, 15) is 4.79 Å². The lowest BCUT2D eigenvalue weighted by molar-refractivity contribution is -0.148. The van der Waals surface area contributed by atoms with Crippen molar-refractivity contribution in [2.45, 2.75) is 25.8 Å². The largest absolute Gasteiger partial charge is 0.342 e. The molecule has 70 valence electrons. The summed E-state index contributed by atoms with van der Waals surface area (Å²) in [6.45, 7) is 3.54. The molecule has 12 heavy (non-hydrogen) atoms. The molecule has 0 aromatic heterocycles. The number of nitrogens with two attached hydrogens (primary N) is 1. The van der Waals surface area contributed by atoms with Crippen LogP contribution in [0.4, 0.5) is 0 Å². The first kappa shape index (κ1) is 9.81. The van der Waals surface area contributed by atoms with Crippen LogP contribution >= 0.6 is 12.4 Å². The predicted octanol–water partition coefficient (Wildman–Crippen LogP) is 0.378. The van der Waals surface area contributed by atoms with E-state index in [1.54, 1.807) is 6.92 Å². The topological polar surface area (TPSA) is 46.3 Å². The second-order valence-corrected chi connectivity index (χ2v) is 4.04. The normalized spacial score (nSPS) is 25.7. The molecule has 2 N–H and O–H groups in total. The van der Waals surface area contributed by atoms with Gasteiger partial charge in [0.15, 0.2) is 0 Å². The molecule has 1 heterocycles. The molecule has 0 bridgehead atoms. The van der Waals surface area contributed by atoms with Gasteiger partial charge < -0.3 is 10.6 Å². The van der Waals surface area contributed by atoms with Crippen molar-refractivity contribution in [1.29, 1.82) is 0 Å². The van der Waals surface area contributed by atoms with Gasteiger partial charge in [-0.25, -0.2) is 0 Å². The lowest BCUT2D eigenvalue weighted by atomic mass is 9.61. The van der Waals surface area contributed by atoms with Crippen LogP contribution in [0.3, 0.4) is 0 Å². The highest BCUT2D eigenvalue weighted by Crippen LogP contribution is 2.47. The van der Waals surface area contributed by atoms with Crippen molar-refractivity contribution in [3.63, 3.8) is 0 Å². The predicted molar refractivity (Wildman–Crippen MR) is 49.1 cm³/mol. The number of halogens is 1. The van der Waals surface area contributed by atoms with Crippen LogP contribution in [-0.2, 0) is 4.79 Å². The number of carbonyl (C=O) groups is 1. The fourth-order valence-corrected chi connectivity index (χ4v) is 2.30. The molecule has 2 rings (SSSR count). The Kier molecular flexibility index (Phi) is 2.36. The number of carbonyl (C=O) groups excluding carboxylic acids is 1. The SMILES string of the molecule is CC(=O)N1CC2(CC(N)C2)C1.Cl. The molecule has 3 nitrogen and oxygen atoms in total. The lowest BCUT2D eigenvalue weighted by Gasteiger charge is -2.58. The van der Waals surface area contributed by atoms with Crippen LogP contribution in [0, 0.1) is 5.41 Å². The highest BCUT2D eigenvalue weighted by Gasteiger charge is 2.51. The molecule has 1 amide bonds. The summed E-state index contributed by atoms with van der Waals surface area (Å²) in [5, 5.41) is 0. The number of likely N-dealkylation sites (tertiary alicyclic amines) is 1. The molecule has 2 aliphatic rings. The molecular formula is C8H15ClN2O. The van der Waals surface area contributed by atoms with E-state index >= 15 is 0 Å². The molecule has 0 radical (unpaired) electrons. The molecular weight excluding hydrogens is 176 g/mol.